The van der Waals surface area contributed by atoms with Crippen LogP contribution in [0.3, 0.4) is 0 Å². The smallest absolute Gasteiger partial charge is 0.323 e. The second-order valence-electron chi connectivity index (χ2n) is 3.96. The van der Waals surface area contributed by atoms with Gasteiger partial charge in [0.25, 0.3) is 0 Å². The van der Waals surface area contributed by atoms with E-state index in [0.29, 0.717) is 13.0 Å². The van der Waals surface area contributed by atoms with Crippen molar-refractivity contribution in [3.8, 4) is 0 Å². The zero-order valence-electron chi connectivity index (χ0n) is 10.4. The van der Waals surface area contributed by atoms with Crippen molar-refractivity contribution < 1.29 is 9.53 Å². The van der Waals surface area contributed by atoms with Gasteiger partial charge in [-0.05, 0) is 19.0 Å². The van der Waals surface area contributed by atoms with Gasteiger partial charge in [-0.2, -0.15) is 0 Å². The van der Waals surface area contributed by atoms with E-state index in [2.05, 4.69) is 6.58 Å². The topological polar surface area (TPSA) is 29.5 Å². The zero-order chi connectivity index (χ0) is 12.7. The zero-order valence-corrected chi connectivity index (χ0v) is 10.4. The number of ether oxygens (including phenoxy) is 1. The van der Waals surface area contributed by atoms with Crippen molar-refractivity contribution in [2.24, 2.45) is 0 Å². The molecule has 0 saturated carbocycles. The molecule has 0 fully saturated rings. The lowest BCUT2D eigenvalue weighted by Gasteiger charge is -2.24. The molecule has 0 aromatic heterocycles. The summed E-state index contributed by atoms with van der Waals surface area (Å²) in [5.41, 5.74) is 1.17. The third-order valence-corrected chi connectivity index (χ3v) is 2.67. The molecular formula is C14H19NO2. The van der Waals surface area contributed by atoms with Crippen LogP contribution in [-0.4, -0.2) is 31.1 Å². The summed E-state index contributed by atoms with van der Waals surface area (Å²) in [5, 5.41) is 0. The summed E-state index contributed by atoms with van der Waals surface area (Å²) in [6.07, 6.45) is 2.33. The fourth-order valence-electron chi connectivity index (χ4n) is 1.73. The molecule has 1 atom stereocenters. The Hall–Kier alpha value is -1.61. The number of hydrogen-bond donors (Lipinski definition) is 0. The number of hydrogen-bond acceptors (Lipinski definition) is 3. The highest BCUT2D eigenvalue weighted by atomic mass is 16.5. The molecular weight excluding hydrogens is 214 g/mol. The summed E-state index contributed by atoms with van der Waals surface area (Å²) in [4.78, 5) is 13.6. The van der Waals surface area contributed by atoms with Crippen molar-refractivity contribution in [3.05, 3.63) is 48.6 Å². The lowest BCUT2D eigenvalue weighted by molar-refractivity contribution is -0.146. The molecule has 0 saturated heterocycles. The molecule has 0 aliphatic carbocycles. The molecule has 1 aromatic carbocycles. The molecule has 3 heteroatoms. The van der Waals surface area contributed by atoms with Crippen molar-refractivity contribution in [1.82, 2.24) is 4.90 Å². The Morgan fingerprint density at radius 1 is 1.47 bits per heavy atom. The number of likely N-dealkylation sites (N-methyl/N-ethyl adjacent to an activating group) is 1. The number of carbonyl (C=O) groups is 1. The first-order valence-corrected chi connectivity index (χ1v) is 5.62. The van der Waals surface area contributed by atoms with Crippen LogP contribution in [0.15, 0.2) is 43.0 Å². The van der Waals surface area contributed by atoms with Crippen molar-refractivity contribution in [2.45, 2.75) is 19.0 Å². The highest BCUT2D eigenvalue weighted by molar-refractivity contribution is 5.75. The molecule has 0 aliphatic rings. The quantitative estimate of drug-likeness (QED) is 0.557. The lowest BCUT2D eigenvalue weighted by atomic mass is 10.1. The van der Waals surface area contributed by atoms with Crippen LogP contribution in [0.1, 0.15) is 12.0 Å². The maximum atomic E-state index is 11.6. The molecule has 1 unspecified atom stereocenters. The maximum absolute atomic E-state index is 11.6. The molecule has 92 valence electrons. The fourth-order valence-corrected chi connectivity index (χ4v) is 1.73. The summed E-state index contributed by atoms with van der Waals surface area (Å²) >= 11 is 0. The number of benzene rings is 1. The van der Waals surface area contributed by atoms with E-state index in [-0.39, 0.29) is 12.0 Å². The second kappa shape index (κ2) is 6.86. The fraction of sp³-hybridized carbons (Fsp3) is 0.357. The van der Waals surface area contributed by atoms with E-state index >= 15 is 0 Å². The van der Waals surface area contributed by atoms with E-state index in [1.165, 1.54) is 12.7 Å². The van der Waals surface area contributed by atoms with Crippen molar-refractivity contribution in [1.29, 1.82) is 0 Å². The third kappa shape index (κ3) is 4.04. The van der Waals surface area contributed by atoms with E-state index in [1.54, 1.807) is 6.08 Å². The van der Waals surface area contributed by atoms with Gasteiger partial charge in [0.15, 0.2) is 0 Å². The van der Waals surface area contributed by atoms with Crippen LogP contribution >= 0.6 is 0 Å². The minimum absolute atomic E-state index is 0.219. The molecule has 0 spiro atoms. The molecule has 0 aliphatic heterocycles. The van der Waals surface area contributed by atoms with Gasteiger partial charge in [0.2, 0.25) is 0 Å². The molecule has 0 amide bonds. The van der Waals surface area contributed by atoms with Gasteiger partial charge >= 0.3 is 5.97 Å². The number of methoxy groups -OCH3 is 1. The van der Waals surface area contributed by atoms with E-state index in [1.807, 2.05) is 42.3 Å². The van der Waals surface area contributed by atoms with E-state index in [9.17, 15) is 4.79 Å². The molecule has 1 rings (SSSR count). The minimum Gasteiger partial charge on any atom is -0.468 e. The second-order valence-corrected chi connectivity index (χ2v) is 3.96. The molecule has 17 heavy (non-hydrogen) atoms. The summed E-state index contributed by atoms with van der Waals surface area (Å²) in [5.74, 6) is -0.219. The number of nitrogens with zero attached hydrogens (tertiary/aromatic N) is 1. The van der Waals surface area contributed by atoms with E-state index in [4.69, 9.17) is 4.74 Å². The number of carbonyl (C=O) groups excluding carboxylic acids is 1. The third-order valence-electron chi connectivity index (χ3n) is 2.67. The Labute approximate surface area is 103 Å². The monoisotopic (exact) mass is 233 g/mol. The largest absolute Gasteiger partial charge is 0.468 e. The highest BCUT2D eigenvalue weighted by Gasteiger charge is 2.22. The summed E-state index contributed by atoms with van der Waals surface area (Å²) < 4.78 is 4.80. The lowest BCUT2D eigenvalue weighted by Crippen LogP contribution is -2.38. The highest BCUT2D eigenvalue weighted by Crippen LogP contribution is 2.10. The molecule has 0 radical (unpaired) electrons. The van der Waals surface area contributed by atoms with Crippen molar-refractivity contribution in [2.75, 3.05) is 14.2 Å². The van der Waals surface area contributed by atoms with Gasteiger partial charge in [0.1, 0.15) is 6.04 Å². The van der Waals surface area contributed by atoms with Crippen molar-refractivity contribution in [3.63, 3.8) is 0 Å². The van der Waals surface area contributed by atoms with Gasteiger partial charge in [0.05, 0.1) is 7.11 Å². The Kier molecular flexibility index (Phi) is 5.43. The Morgan fingerprint density at radius 3 is 2.65 bits per heavy atom. The average Bonchev–Trinajstić information content (AvgIpc) is 2.36. The number of rotatable bonds is 6. The van der Waals surface area contributed by atoms with Gasteiger partial charge < -0.3 is 4.74 Å². The van der Waals surface area contributed by atoms with Crippen molar-refractivity contribution >= 4 is 5.97 Å². The Bertz CT molecular complexity index is 362. The van der Waals surface area contributed by atoms with Gasteiger partial charge in [-0.1, -0.05) is 36.4 Å². The van der Waals surface area contributed by atoms with Gasteiger partial charge in [-0.15, -0.1) is 6.58 Å². The van der Waals surface area contributed by atoms with Crippen LogP contribution < -0.4 is 0 Å². The molecule has 0 heterocycles. The predicted octanol–water partition coefficient (Wildman–Crippen LogP) is 2.24. The summed E-state index contributed by atoms with van der Waals surface area (Å²) in [7, 11) is 3.33. The summed E-state index contributed by atoms with van der Waals surface area (Å²) in [6, 6.07) is 9.77. The van der Waals surface area contributed by atoms with Gasteiger partial charge in [0, 0.05) is 6.54 Å². The van der Waals surface area contributed by atoms with Crippen LogP contribution in [0.25, 0.3) is 0 Å². The Morgan fingerprint density at radius 2 is 2.12 bits per heavy atom. The van der Waals surface area contributed by atoms with E-state index < -0.39 is 0 Å². The first-order chi connectivity index (χ1) is 8.19. The molecule has 3 nitrogen and oxygen atoms in total. The molecule has 0 N–H and O–H groups in total. The maximum Gasteiger partial charge on any atom is 0.323 e. The normalized spacial score (nSPS) is 12.2. The standard InChI is InChI=1S/C14H19NO2/c1-4-8-13(14(16)17-3)15(2)11-12-9-6-5-7-10-12/h4-7,9-10,13H,1,8,11H2,2-3H3. The first kappa shape index (κ1) is 13.5. The molecule has 0 bridgehead atoms. The minimum atomic E-state index is -0.266. The van der Waals surface area contributed by atoms with Crippen LogP contribution in [-0.2, 0) is 16.1 Å². The predicted molar refractivity (Wildman–Crippen MR) is 68.5 cm³/mol. The van der Waals surface area contributed by atoms with Gasteiger partial charge in [-0.3, -0.25) is 9.69 Å². The van der Waals surface area contributed by atoms with Crippen LogP contribution in [0, 0.1) is 0 Å². The van der Waals surface area contributed by atoms with E-state index in [0.717, 1.165) is 0 Å². The van der Waals surface area contributed by atoms with Crippen LogP contribution in [0.4, 0.5) is 0 Å². The molecule has 1 aromatic rings. The van der Waals surface area contributed by atoms with Crippen LogP contribution in [0.5, 0.6) is 0 Å². The first-order valence-electron chi connectivity index (χ1n) is 5.62. The van der Waals surface area contributed by atoms with Gasteiger partial charge in [-0.25, -0.2) is 0 Å². The van der Waals surface area contributed by atoms with Crippen LogP contribution in [0.2, 0.25) is 0 Å². The summed E-state index contributed by atoms with van der Waals surface area (Å²) in [6.45, 7) is 4.39. The Balaban J connectivity index is 2.68. The number of esters is 1. The average molecular weight is 233 g/mol. The SMILES string of the molecule is C=CCC(C(=O)OC)N(C)Cc1ccccc1.